The van der Waals surface area contributed by atoms with E-state index in [-0.39, 0.29) is 0 Å². The normalized spacial score (nSPS) is 11.2. The molecular formula is C13H15F2N3. The molecule has 0 atom stereocenters. The molecule has 0 fully saturated rings. The van der Waals surface area contributed by atoms with E-state index in [1.165, 1.54) is 16.8 Å². The van der Waals surface area contributed by atoms with Crippen LogP contribution in [-0.4, -0.2) is 15.8 Å². The molecule has 2 aromatic rings. The van der Waals surface area contributed by atoms with Crippen LogP contribution in [0.3, 0.4) is 0 Å². The second-order valence-electron chi connectivity index (χ2n) is 4.41. The van der Waals surface area contributed by atoms with Gasteiger partial charge in [-0.15, -0.1) is 0 Å². The maximum Gasteiger partial charge on any atom is 0.128 e. The van der Waals surface area contributed by atoms with E-state index >= 15 is 0 Å². The predicted octanol–water partition coefficient (Wildman–Crippen LogP) is 2.65. The lowest BCUT2D eigenvalue weighted by molar-refractivity contribution is 0.573. The fourth-order valence-corrected chi connectivity index (χ4v) is 1.58. The molecule has 1 N–H and O–H groups in total. The van der Waals surface area contributed by atoms with Crippen molar-refractivity contribution < 1.29 is 8.78 Å². The Morgan fingerprint density at radius 3 is 2.50 bits per heavy atom. The highest BCUT2D eigenvalue weighted by Gasteiger charge is 2.05. The van der Waals surface area contributed by atoms with Crippen LogP contribution < -0.4 is 5.32 Å². The maximum atomic E-state index is 13.1. The van der Waals surface area contributed by atoms with Gasteiger partial charge in [0.1, 0.15) is 11.6 Å². The first kappa shape index (κ1) is 12.7. The van der Waals surface area contributed by atoms with Gasteiger partial charge in [-0.3, -0.25) is 0 Å². The van der Waals surface area contributed by atoms with E-state index in [4.69, 9.17) is 0 Å². The Labute approximate surface area is 104 Å². The molecule has 0 aliphatic rings. The number of nitrogens with zero attached hydrogens (tertiary/aromatic N) is 2. The van der Waals surface area contributed by atoms with Gasteiger partial charge in [-0.25, -0.2) is 13.5 Å². The summed E-state index contributed by atoms with van der Waals surface area (Å²) < 4.78 is 27.6. The molecule has 96 valence electrons. The third-order valence-electron chi connectivity index (χ3n) is 2.45. The highest BCUT2D eigenvalue weighted by atomic mass is 19.1. The zero-order valence-corrected chi connectivity index (χ0v) is 10.3. The lowest BCUT2D eigenvalue weighted by Gasteiger charge is -2.05. The van der Waals surface area contributed by atoms with Crippen LogP contribution in [0.25, 0.3) is 5.69 Å². The predicted molar refractivity (Wildman–Crippen MR) is 65.5 cm³/mol. The Hall–Kier alpha value is -1.75. The molecule has 3 nitrogen and oxygen atoms in total. The summed E-state index contributed by atoms with van der Waals surface area (Å²) in [6, 6.07) is 5.51. The van der Waals surface area contributed by atoms with Gasteiger partial charge in [0.2, 0.25) is 0 Å². The zero-order valence-electron chi connectivity index (χ0n) is 10.3. The highest BCUT2D eigenvalue weighted by Crippen LogP contribution is 2.12. The lowest BCUT2D eigenvalue weighted by Crippen LogP contribution is -2.22. The van der Waals surface area contributed by atoms with Crippen molar-refractivity contribution in [1.82, 2.24) is 15.1 Å². The van der Waals surface area contributed by atoms with Crippen LogP contribution in [0.4, 0.5) is 8.78 Å². The summed E-state index contributed by atoms with van der Waals surface area (Å²) in [6.07, 6.45) is 1.69. The van der Waals surface area contributed by atoms with Crippen molar-refractivity contribution in [3.05, 3.63) is 47.8 Å². The summed E-state index contributed by atoms with van der Waals surface area (Å²) in [6.45, 7) is 4.71. The number of rotatable bonds is 4. The minimum atomic E-state index is -0.609. The van der Waals surface area contributed by atoms with Crippen molar-refractivity contribution in [1.29, 1.82) is 0 Å². The first-order chi connectivity index (χ1) is 8.54. The van der Waals surface area contributed by atoms with Crippen LogP contribution in [0, 0.1) is 11.6 Å². The topological polar surface area (TPSA) is 29.9 Å². The van der Waals surface area contributed by atoms with E-state index in [1.54, 1.807) is 6.20 Å². The van der Waals surface area contributed by atoms with Gasteiger partial charge < -0.3 is 5.32 Å². The molecule has 0 saturated carbocycles. The van der Waals surface area contributed by atoms with Crippen LogP contribution in [0.2, 0.25) is 0 Å². The molecular weight excluding hydrogens is 236 g/mol. The monoisotopic (exact) mass is 251 g/mol. The molecule has 0 amide bonds. The average molecular weight is 251 g/mol. The summed E-state index contributed by atoms with van der Waals surface area (Å²) in [5.74, 6) is -1.22. The number of hydrogen-bond acceptors (Lipinski definition) is 2. The van der Waals surface area contributed by atoms with E-state index in [0.29, 0.717) is 18.3 Å². The second-order valence-corrected chi connectivity index (χ2v) is 4.41. The number of hydrogen-bond donors (Lipinski definition) is 1. The third-order valence-corrected chi connectivity index (χ3v) is 2.45. The van der Waals surface area contributed by atoms with Gasteiger partial charge >= 0.3 is 0 Å². The Kier molecular flexibility index (Phi) is 3.72. The van der Waals surface area contributed by atoms with Crippen molar-refractivity contribution in [2.75, 3.05) is 0 Å². The molecule has 0 aliphatic heterocycles. The van der Waals surface area contributed by atoms with Crippen molar-refractivity contribution in [2.24, 2.45) is 0 Å². The van der Waals surface area contributed by atoms with Crippen LogP contribution >= 0.6 is 0 Å². The quantitative estimate of drug-likeness (QED) is 0.905. The van der Waals surface area contributed by atoms with E-state index in [0.717, 1.165) is 11.8 Å². The van der Waals surface area contributed by atoms with E-state index in [2.05, 4.69) is 10.4 Å². The van der Waals surface area contributed by atoms with Gasteiger partial charge in [0.05, 0.1) is 11.4 Å². The molecule has 2 rings (SSSR count). The van der Waals surface area contributed by atoms with Gasteiger partial charge in [-0.1, -0.05) is 13.8 Å². The summed E-state index contributed by atoms with van der Waals surface area (Å²) in [5, 5.41) is 7.48. The standard InChI is InChI=1S/C13H15F2N3/c1-9(2)16-8-12-3-4-18(17-12)13-6-10(14)5-11(15)7-13/h3-7,9,16H,8H2,1-2H3. The minimum absolute atomic E-state index is 0.363. The average Bonchev–Trinajstić information content (AvgIpc) is 2.73. The first-order valence-electron chi connectivity index (χ1n) is 5.79. The summed E-state index contributed by atoms with van der Waals surface area (Å²) in [5.41, 5.74) is 1.21. The summed E-state index contributed by atoms with van der Waals surface area (Å²) in [4.78, 5) is 0. The Morgan fingerprint density at radius 1 is 1.22 bits per heavy atom. The molecule has 0 bridgehead atoms. The van der Waals surface area contributed by atoms with Crippen molar-refractivity contribution in [3.63, 3.8) is 0 Å². The smallest absolute Gasteiger partial charge is 0.128 e. The number of halogens is 2. The van der Waals surface area contributed by atoms with Crippen LogP contribution in [0.15, 0.2) is 30.5 Å². The summed E-state index contributed by atoms with van der Waals surface area (Å²) >= 11 is 0. The molecule has 1 heterocycles. The van der Waals surface area contributed by atoms with Crippen LogP contribution in [-0.2, 0) is 6.54 Å². The fourth-order valence-electron chi connectivity index (χ4n) is 1.58. The molecule has 1 aromatic heterocycles. The number of benzene rings is 1. The van der Waals surface area contributed by atoms with Crippen molar-refractivity contribution in [2.45, 2.75) is 26.4 Å². The van der Waals surface area contributed by atoms with E-state index < -0.39 is 11.6 Å². The number of nitrogens with one attached hydrogen (secondary N) is 1. The van der Waals surface area contributed by atoms with Crippen LogP contribution in [0.1, 0.15) is 19.5 Å². The molecule has 0 unspecified atom stereocenters. The van der Waals surface area contributed by atoms with E-state index in [1.807, 2.05) is 19.9 Å². The fraction of sp³-hybridized carbons (Fsp3) is 0.308. The van der Waals surface area contributed by atoms with Gasteiger partial charge in [0, 0.05) is 24.8 Å². The Bertz CT molecular complexity index is 515. The van der Waals surface area contributed by atoms with Gasteiger partial charge in [-0.05, 0) is 18.2 Å². The molecule has 18 heavy (non-hydrogen) atoms. The summed E-state index contributed by atoms with van der Waals surface area (Å²) in [7, 11) is 0. The molecule has 0 saturated heterocycles. The van der Waals surface area contributed by atoms with Crippen LogP contribution in [0.5, 0.6) is 0 Å². The molecule has 5 heteroatoms. The molecule has 0 spiro atoms. The Balaban J connectivity index is 2.18. The molecule has 0 radical (unpaired) electrons. The second kappa shape index (κ2) is 5.27. The minimum Gasteiger partial charge on any atom is -0.309 e. The highest BCUT2D eigenvalue weighted by molar-refractivity contribution is 5.32. The van der Waals surface area contributed by atoms with E-state index in [9.17, 15) is 8.78 Å². The first-order valence-corrected chi connectivity index (χ1v) is 5.79. The van der Waals surface area contributed by atoms with Crippen molar-refractivity contribution in [3.8, 4) is 5.69 Å². The van der Waals surface area contributed by atoms with Crippen molar-refractivity contribution >= 4 is 0 Å². The SMILES string of the molecule is CC(C)NCc1ccn(-c2cc(F)cc(F)c2)n1. The lowest BCUT2D eigenvalue weighted by atomic mass is 10.3. The number of aromatic nitrogens is 2. The molecule has 0 aliphatic carbocycles. The van der Waals surface area contributed by atoms with Gasteiger partial charge in [0.15, 0.2) is 0 Å². The zero-order chi connectivity index (χ0) is 13.1. The Morgan fingerprint density at radius 2 is 1.89 bits per heavy atom. The van der Waals surface area contributed by atoms with Gasteiger partial charge in [-0.2, -0.15) is 5.10 Å². The largest absolute Gasteiger partial charge is 0.309 e. The van der Waals surface area contributed by atoms with Gasteiger partial charge in [0.25, 0.3) is 0 Å². The maximum absolute atomic E-state index is 13.1. The molecule has 1 aromatic carbocycles. The third kappa shape index (κ3) is 3.13.